The Hall–Kier alpha value is -2.33. The quantitative estimate of drug-likeness (QED) is 0.717. The van der Waals surface area contributed by atoms with E-state index in [1.165, 1.54) is 0 Å². The fraction of sp³-hybridized carbons (Fsp3) is 0.278. The number of amides is 1. The van der Waals surface area contributed by atoms with Crippen LogP contribution in [0.3, 0.4) is 0 Å². The van der Waals surface area contributed by atoms with Gasteiger partial charge in [-0.2, -0.15) is 0 Å². The SMILES string of the molecule is Cc1ccc(C(O)CNC(=O)CCc2ccccc2N)cc1. The summed E-state index contributed by atoms with van der Waals surface area (Å²) in [6.45, 7) is 2.21. The van der Waals surface area contributed by atoms with Gasteiger partial charge in [0.1, 0.15) is 0 Å². The van der Waals surface area contributed by atoms with E-state index in [1.807, 2.05) is 55.5 Å². The van der Waals surface area contributed by atoms with Crippen molar-refractivity contribution in [3.05, 3.63) is 65.2 Å². The standard InChI is InChI=1S/C18H22N2O2/c1-13-6-8-15(9-7-13)17(21)12-20-18(22)11-10-14-4-2-3-5-16(14)19/h2-9,17,21H,10-12,19H2,1H3,(H,20,22). The van der Waals surface area contributed by atoms with Gasteiger partial charge in [-0.05, 0) is 30.5 Å². The number of carbonyl (C=O) groups excluding carboxylic acids is 1. The highest BCUT2D eigenvalue weighted by molar-refractivity contribution is 5.76. The van der Waals surface area contributed by atoms with E-state index >= 15 is 0 Å². The highest BCUT2D eigenvalue weighted by Crippen LogP contribution is 2.14. The molecule has 0 bridgehead atoms. The van der Waals surface area contributed by atoms with Gasteiger partial charge in [-0.3, -0.25) is 4.79 Å². The third-order valence-electron chi connectivity index (χ3n) is 3.63. The maximum atomic E-state index is 11.9. The smallest absolute Gasteiger partial charge is 0.220 e. The zero-order valence-electron chi connectivity index (χ0n) is 12.8. The molecule has 2 aromatic carbocycles. The van der Waals surface area contributed by atoms with Gasteiger partial charge in [0.15, 0.2) is 0 Å². The lowest BCUT2D eigenvalue weighted by Gasteiger charge is -2.13. The predicted octanol–water partition coefficient (Wildman–Crippen LogP) is 2.36. The molecule has 0 saturated carbocycles. The largest absolute Gasteiger partial charge is 0.399 e. The van der Waals surface area contributed by atoms with E-state index in [0.717, 1.165) is 16.7 Å². The number of carbonyl (C=O) groups is 1. The van der Waals surface area contributed by atoms with E-state index in [4.69, 9.17) is 5.73 Å². The van der Waals surface area contributed by atoms with Crippen LogP contribution in [0.25, 0.3) is 0 Å². The van der Waals surface area contributed by atoms with Crippen molar-refractivity contribution in [1.82, 2.24) is 5.32 Å². The number of nitrogens with two attached hydrogens (primary N) is 1. The molecule has 4 N–H and O–H groups in total. The number of nitrogen functional groups attached to an aromatic ring is 1. The molecule has 0 heterocycles. The van der Waals surface area contributed by atoms with E-state index in [-0.39, 0.29) is 12.5 Å². The number of benzene rings is 2. The van der Waals surface area contributed by atoms with E-state index in [0.29, 0.717) is 18.5 Å². The molecule has 4 nitrogen and oxygen atoms in total. The molecule has 0 fully saturated rings. The van der Waals surface area contributed by atoms with Crippen molar-refractivity contribution < 1.29 is 9.90 Å². The molecule has 0 aromatic heterocycles. The Morgan fingerprint density at radius 2 is 1.86 bits per heavy atom. The predicted molar refractivity (Wildman–Crippen MR) is 88.3 cm³/mol. The fourth-order valence-corrected chi connectivity index (χ4v) is 2.22. The molecule has 0 radical (unpaired) electrons. The minimum atomic E-state index is -0.689. The molecule has 1 amide bonds. The summed E-state index contributed by atoms with van der Waals surface area (Å²) in [5.41, 5.74) is 9.46. The number of aliphatic hydroxyl groups excluding tert-OH is 1. The van der Waals surface area contributed by atoms with Gasteiger partial charge in [0.05, 0.1) is 6.10 Å². The molecule has 0 aliphatic rings. The lowest BCUT2D eigenvalue weighted by Crippen LogP contribution is -2.28. The molecule has 0 saturated heterocycles. The van der Waals surface area contributed by atoms with Crippen LogP contribution in [-0.2, 0) is 11.2 Å². The van der Waals surface area contributed by atoms with Crippen LogP contribution >= 0.6 is 0 Å². The van der Waals surface area contributed by atoms with Crippen LogP contribution in [0.1, 0.15) is 29.2 Å². The molecule has 22 heavy (non-hydrogen) atoms. The second-order valence-corrected chi connectivity index (χ2v) is 5.43. The number of aliphatic hydroxyl groups is 1. The van der Waals surface area contributed by atoms with Crippen molar-refractivity contribution in [2.75, 3.05) is 12.3 Å². The molecular formula is C18H22N2O2. The summed E-state index contributed by atoms with van der Waals surface area (Å²) in [7, 11) is 0. The van der Waals surface area contributed by atoms with Gasteiger partial charge in [0.25, 0.3) is 0 Å². The molecule has 4 heteroatoms. The Labute approximate surface area is 131 Å². The van der Waals surface area contributed by atoms with Crippen LogP contribution < -0.4 is 11.1 Å². The first-order chi connectivity index (χ1) is 10.6. The van der Waals surface area contributed by atoms with E-state index in [9.17, 15) is 9.90 Å². The Bertz CT molecular complexity index is 623. The lowest BCUT2D eigenvalue weighted by molar-refractivity contribution is -0.121. The van der Waals surface area contributed by atoms with E-state index in [1.54, 1.807) is 0 Å². The van der Waals surface area contributed by atoms with Gasteiger partial charge < -0.3 is 16.2 Å². The maximum absolute atomic E-state index is 11.9. The topological polar surface area (TPSA) is 75.3 Å². The molecule has 0 aliphatic heterocycles. The first kappa shape index (κ1) is 16.0. The third kappa shape index (κ3) is 4.60. The normalized spacial score (nSPS) is 11.9. The Morgan fingerprint density at radius 3 is 2.55 bits per heavy atom. The van der Waals surface area contributed by atoms with Crippen molar-refractivity contribution in [1.29, 1.82) is 0 Å². The zero-order chi connectivity index (χ0) is 15.9. The van der Waals surface area contributed by atoms with Gasteiger partial charge in [-0.1, -0.05) is 48.0 Å². The molecule has 0 spiro atoms. The van der Waals surface area contributed by atoms with Gasteiger partial charge in [0, 0.05) is 18.7 Å². The molecule has 0 aliphatic carbocycles. The maximum Gasteiger partial charge on any atom is 0.220 e. The lowest BCUT2D eigenvalue weighted by atomic mass is 10.1. The Morgan fingerprint density at radius 1 is 1.18 bits per heavy atom. The second kappa shape index (κ2) is 7.61. The number of aryl methyl sites for hydroxylation is 2. The summed E-state index contributed by atoms with van der Waals surface area (Å²) in [5, 5.41) is 12.8. The van der Waals surface area contributed by atoms with Gasteiger partial charge in [-0.15, -0.1) is 0 Å². The van der Waals surface area contributed by atoms with Gasteiger partial charge >= 0.3 is 0 Å². The number of nitrogens with one attached hydrogen (secondary N) is 1. The summed E-state index contributed by atoms with van der Waals surface area (Å²) in [6, 6.07) is 15.2. The van der Waals surface area contributed by atoms with Crippen LogP contribution in [0.4, 0.5) is 5.69 Å². The highest BCUT2D eigenvalue weighted by atomic mass is 16.3. The van der Waals surface area contributed by atoms with Crippen molar-refractivity contribution in [3.63, 3.8) is 0 Å². The average Bonchev–Trinajstić information content (AvgIpc) is 2.52. The van der Waals surface area contributed by atoms with Crippen LogP contribution in [0.15, 0.2) is 48.5 Å². The third-order valence-corrected chi connectivity index (χ3v) is 3.63. The number of anilines is 1. The average molecular weight is 298 g/mol. The Kier molecular flexibility index (Phi) is 5.55. The highest BCUT2D eigenvalue weighted by Gasteiger charge is 2.10. The van der Waals surface area contributed by atoms with Crippen LogP contribution in [0.5, 0.6) is 0 Å². The van der Waals surface area contributed by atoms with Crippen molar-refractivity contribution in [2.45, 2.75) is 25.9 Å². The van der Waals surface area contributed by atoms with Crippen molar-refractivity contribution >= 4 is 11.6 Å². The molecular weight excluding hydrogens is 276 g/mol. The monoisotopic (exact) mass is 298 g/mol. The van der Waals surface area contributed by atoms with E-state index in [2.05, 4.69) is 5.32 Å². The summed E-state index contributed by atoms with van der Waals surface area (Å²) in [5.74, 6) is -0.0885. The van der Waals surface area contributed by atoms with Gasteiger partial charge in [-0.25, -0.2) is 0 Å². The molecule has 2 aromatic rings. The van der Waals surface area contributed by atoms with Crippen LogP contribution in [0, 0.1) is 6.92 Å². The molecule has 1 unspecified atom stereocenters. The first-order valence-electron chi connectivity index (χ1n) is 7.41. The van der Waals surface area contributed by atoms with Crippen molar-refractivity contribution in [3.8, 4) is 0 Å². The second-order valence-electron chi connectivity index (χ2n) is 5.43. The summed E-state index contributed by atoms with van der Waals surface area (Å²) < 4.78 is 0. The Balaban J connectivity index is 1.78. The fourth-order valence-electron chi connectivity index (χ4n) is 2.22. The molecule has 2 rings (SSSR count). The minimum Gasteiger partial charge on any atom is -0.399 e. The first-order valence-corrected chi connectivity index (χ1v) is 7.41. The molecule has 116 valence electrons. The van der Waals surface area contributed by atoms with Crippen LogP contribution in [0.2, 0.25) is 0 Å². The number of rotatable bonds is 6. The number of para-hydroxylation sites is 1. The van der Waals surface area contributed by atoms with Gasteiger partial charge in [0.2, 0.25) is 5.91 Å². The summed E-state index contributed by atoms with van der Waals surface area (Å²) >= 11 is 0. The summed E-state index contributed by atoms with van der Waals surface area (Å²) in [4.78, 5) is 11.9. The molecule has 1 atom stereocenters. The van der Waals surface area contributed by atoms with Crippen molar-refractivity contribution in [2.24, 2.45) is 0 Å². The number of hydrogen-bond donors (Lipinski definition) is 3. The zero-order valence-corrected chi connectivity index (χ0v) is 12.8. The van der Waals surface area contributed by atoms with E-state index < -0.39 is 6.10 Å². The number of hydrogen-bond acceptors (Lipinski definition) is 3. The summed E-state index contributed by atoms with van der Waals surface area (Å²) in [6.07, 6.45) is 0.264. The minimum absolute atomic E-state index is 0.0885. The van der Waals surface area contributed by atoms with Crippen LogP contribution in [-0.4, -0.2) is 17.6 Å².